The lowest BCUT2D eigenvalue weighted by Crippen LogP contribution is -2.41. The van der Waals surface area contributed by atoms with Crippen LogP contribution in [0.25, 0.3) is 0 Å². The third-order valence-electron chi connectivity index (χ3n) is 4.74. The Hall–Kier alpha value is -3.43. The molecule has 2 aromatic carbocycles. The van der Waals surface area contributed by atoms with E-state index in [1.54, 1.807) is 55.5 Å². The summed E-state index contributed by atoms with van der Waals surface area (Å²) in [5.41, 5.74) is 7.00. The van der Waals surface area contributed by atoms with Gasteiger partial charge in [-0.1, -0.05) is 29.8 Å². The Morgan fingerprint density at radius 2 is 1.52 bits per heavy atom. The largest absolute Gasteiger partial charge is 0.469 e. The minimum atomic E-state index is -3.62. The van der Waals surface area contributed by atoms with E-state index in [0.29, 0.717) is 22.5 Å². The Morgan fingerprint density at radius 3 is 2.10 bits per heavy atom. The number of sulfonamides is 1. The molecule has 0 bridgehead atoms. The van der Waals surface area contributed by atoms with Crippen molar-refractivity contribution in [2.24, 2.45) is 0 Å². The van der Waals surface area contributed by atoms with E-state index in [4.69, 9.17) is 4.42 Å². The van der Waals surface area contributed by atoms with E-state index in [1.807, 2.05) is 6.92 Å². The topological polar surface area (TPSA) is 109 Å². The number of nitrogens with zero attached hydrogens (tertiary/aromatic N) is 1. The van der Waals surface area contributed by atoms with Crippen molar-refractivity contribution < 1.29 is 22.4 Å². The monoisotopic (exact) mass is 441 g/mol. The number of nitrogens with one attached hydrogen (secondary N) is 2. The standard InChI is InChI=1S/C22H23N3O5S/c1-15-4-10-19(11-5-15)31(28,29)25(3)14-17-6-8-18(9-7-17)21(26)23-24-22(27)20-12-13-30-16(20)2/h4-13H,14H2,1-3H3,(H,23,26)(H,24,27). The molecule has 0 radical (unpaired) electrons. The van der Waals surface area contributed by atoms with Crippen LogP contribution in [0.2, 0.25) is 0 Å². The van der Waals surface area contributed by atoms with Crippen LogP contribution in [0, 0.1) is 13.8 Å². The summed E-state index contributed by atoms with van der Waals surface area (Å²) in [5.74, 6) is -0.540. The Balaban J connectivity index is 1.60. The third-order valence-corrected chi connectivity index (χ3v) is 6.56. The minimum absolute atomic E-state index is 0.147. The molecule has 31 heavy (non-hydrogen) atoms. The second-order valence-electron chi connectivity index (χ2n) is 7.07. The van der Waals surface area contributed by atoms with Gasteiger partial charge >= 0.3 is 0 Å². The van der Waals surface area contributed by atoms with E-state index < -0.39 is 21.8 Å². The van der Waals surface area contributed by atoms with Crippen LogP contribution in [-0.2, 0) is 16.6 Å². The van der Waals surface area contributed by atoms with E-state index in [0.717, 1.165) is 5.56 Å². The Bertz CT molecular complexity index is 1180. The second-order valence-corrected chi connectivity index (χ2v) is 9.11. The molecule has 2 N–H and O–H groups in total. The zero-order valence-electron chi connectivity index (χ0n) is 17.4. The van der Waals surface area contributed by atoms with Crippen LogP contribution < -0.4 is 10.9 Å². The number of hydrogen-bond acceptors (Lipinski definition) is 5. The van der Waals surface area contributed by atoms with Crippen LogP contribution in [0.1, 0.15) is 37.6 Å². The van der Waals surface area contributed by atoms with E-state index in [2.05, 4.69) is 10.9 Å². The number of furan rings is 1. The fourth-order valence-electron chi connectivity index (χ4n) is 2.87. The van der Waals surface area contributed by atoms with Gasteiger partial charge in [0.1, 0.15) is 5.76 Å². The van der Waals surface area contributed by atoms with E-state index in [9.17, 15) is 18.0 Å². The fourth-order valence-corrected chi connectivity index (χ4v) is 4.03. The third kappa shape index (κ3) is 5.19. The Kier molecular flexibility index (Phi) is 6.57. The molecule has 0 unspecified atom stereocenters. The molecule has 8 nitrogen and oxygen atoms in total. The molecular formula is C22H23N3O5S. The van der Waals surface area contributed by atoms with Crippen molar-refractivity contribution in [3.63, 3.8) is 0 Å². The predicted molar refractivity (Wildman–Crippen MR) is 115 cm³/mol. The van der Waals surface area contributed by atoms with Crippen molar-refractivity contribution in [1.82, 2.24) is 15.2 Å². The highest BCUT2D eigenvalue weighted by Crippen LogP contribution is 2.17. The molecule has 3 aromatic rings. The lowest BCUT2D eigenvalue weighted by molar-refractivity contribution is 0.0845. The summed E-state index contributed by atoms with van der Waals surface area (Å²) in [5, 5.41) is 0. The van der Waals surface area contributed by atoms with Gasteiger partial charge in [0.25, 0.3) is 11.8 Å². The molecule has 0 saturated heterocycles. The maximum absolute atomic E-state index is 12.7. The number of amides is 2. The van der Waals surface area contributed by atoms with Gasteiger partial charge in [-0.25, -0.2) is 8.42 Å². The van der Waals surface area contributed by atoms with Gasteiger partial charge in [0.2, 0.25) is 10.0 Å². The second kappa shape index (κ2) is 9.15. The van der Waals surface area contributed by atoms with Gasteiger partial charge in [0.05, 0.1) is 16.7 Å². The average molecular weight is 442 g/mol. The van der Waals surface area contributed by atoms with Gasteiger partial charge in [-0.3, -0.25) is 20.4 Å². The molecule has 1 aromatic heterocycles. The summed E-state index contributed by atoms with van der Waals surface area (Å²) < 4.78 is 31.7. The molecule has 2 amide bonds. The number of hydrazine groups is 1. The van der Waals surface area contributed by atoms with Crippen LogP contribution >= 0.6 is 0 Å². The predicted octanol–water partition coefficient (Wildman–Crippen LogP) is 2.79. The highest BCUT2D eigenvalue weighted by atomic mass is 32.2. The van der Waals surface area contributed by atoms with Gasteiger partial charge in [0.15, 0.2) is 0 Å². The Labute approximate surface area is 180 Å². The minimum Gasteiger partial charge on any atom is -0.469 e. The molecule has 0 aliphatic carbocycles. The maximum atomic E-state index is 12.7. The number of benzene rings is 2. The molecule has 1 heterocycles. The van der Waals surface area contributed by atoms with Crippen molar-refractivity contribution >= 4 is 21.8 Å². The molecule has 0 saturated carbocycles. The number of aryl methyl sites for hydroxylation is 2. The van der Waals surface area contributed by atoms with Crippen molar-refractivity contribution in [2.75, 3.05) is 7.05 Å². The van der Waals surface area contributed by atoms with Crippen molar-refractivity contribution in [3.05, 3.63) is 88.9 Å². The van der Waals surface area contributed by atoms with E-state index >= 15 is 0 Å². The molecule has 0 aliphatic rings. The lowest BCUT2D eigenvalue weighted by Gasteiger charge is -2.17. The quantitative estimate of drug-likeness (QED) is 0.572. The first-order valence-corrected chi connectivity index (χ1v) is 10.9. The number of carbonyl (C=O) groups excluding carboxylic acids is 2. The average Bonchev–Trinajstić information content (AvgIpc) is 3.18. The maximum Gasteiger partial charge on any atom is 0.273 e. The Morgan fingerprint density at radius 1 is 0.903 bits per heavy atom. The summed E-state index contributed by atoms with van der Waals surface area (Å²) in [6.45, 7) is 3.68. The van der Waals surface area contributed by atoms with Crippen LogP contribution in [0.4, 0.5) is 0 Å². The number of rotatable bonds is 6. The fraction of sp³-hybridized carbons (Fsp3) is 0.182. The molecule has 0 fully saturated rings. The summed E-state index contributed by atoms with van der Waals surface area (Å²) >= 11 is 0. The van der Waals surface area contributed by atoms with Gasteiger partial charge in [-0.15, -0.1) is 0 Å². The van der Waals surface area contributed by atoms with E-state index in [-0.39, 0.29) is 11.4 Å². The molecule has 0 atom stereocenters. The summed E-state index contributed by atoms with van der Waals surface area (Å²) in [6, 6.07) is 14.6. The first-order chi connectivity index (χ1) is 14.7. The van der Waals surface area contributed by atoms with Crippen molar-refractivity contribution in [3.8, 4) is 0 Å². The van der Waals surface area contributed by atoms with Gasteiger partial charge in [-0.2, -0.15) is 4.31 Å². The zero-order chi connectivity index (χ0) is 22.6. The highest BCUT2D eigenvalue weighted by molar-refractivity contribution is 7.89. The first-order valence-electron chi connectivity index (χ1n) is 9.45. The van der Waals surface area contributed by atoms with Crippen LogP contribution in [-0.4, -0.2) is 31.6 Å². The van der Waals surface area contributed by atoms with Crippen molar-refractivity contribution in [2.45, 2.75) is 25.3 Å². The summed E-state index contributed by atoms with van der Waals surface area (Å²) in [7, 11) is -2.12. The molecule has 9 heteroatoms. The van der Waals surface area contributed by atoms with Gasteiger partial charge in [-0.05, 0) is 49.7 Å². The van der Waals surface area contributed by atoms with Crippen LogP contribution in [0.3, 0.4) is 0 Å². The number of carbonyl (C=O) groups is 2. The number of hydrogen-bond donors (Lipinski definition) is 2. The molecule has 0 aliphatic heterocycles. The van der Waals surface area contributed by atoms with Crippen molar-refractivity contribution in [1.29, 1.82) is 0 Å². The summed E-state index contributed by atoms with van der Waals surface area (Å²) in [4.78, 5) is 24.5. The lowest BCUT2D eigenvalue weighted by atomic mass is 10.1. The molecular weight excluding hydrogens is 418 g/mol. The first kappa shape index (κ1) is 22.3. The van der Waals surface area contributed by atoms with Gasteiger partial charge < -0.3 is 4.42 Å². The molecule has 3 rings (SSSR count). The van der Waals surface area contributed by atoms with E-state index in [1.165, 1.54) is 23.7 Å². The zero-order valence-corrected chi connectivity index (χ0v) is 18.2. The smallest absolute Gasteiger partial charge is 0.273 e. The van der Waals surface area contributed by atoms with Gasteiger partial charge in [0, 0.05) is 19.2 Å². The SMILES string of the molecule is Cc1ccc(S(=O)(=O)N(C)Cc2ccc(C(=O)NNC(=O)c3ccoc3C)cc2)cc1. The molecule has 162 valence electrons. The van der Waals surface area contributed by atoms with Crippen LogP contribution in [0.5, 0.6) is 0 Å². The normalized spacial score (nSPS) is 11.4. The van der Waals surface area contributed by atoms with Crippen LogP contribution in [0.15, 0.2) is 70.2 Å². The highest BCUT2D eigenvalue weighted by Gasteiger charge is 2.21. The molecule has 0 spiro atoms. The summed E-state index contributed by atoms with van der Waals surface area (Å²) in [6.07, 6.45) is 1.39.